The number of allylic oxidation sites excluding steroid dienone is 2. The number of hydrogen-bond donors (Lipinski definition) is 2. The summed E-state index contributed by atoms with van der Waals surface area (Å²) in [5, 5.41) is 3.25. The van der Waals surface area contributed by atoms with Gasteiger partial charge in [0.2, 0.25) is 0 Å². The molecule has 0 heterocycles. The molecular weight excluding hydrogens is 148 g/mol. The van der Waals surface area contributed by atoms with E-state index in [1.165, 1.54) is 11.1 Å². The molecule has 1 rings (SSSR count). The first kappa shape index (κ1) is 9.49. The zero-order valence-corrected chi connectivity index (χ0v) is 8.31. The highest BCUT2D eigenvalue weighted by Crippen LogP contribution is 2.24. The Morgan fingerprint density at radius 1 is 1.50 bits per heavy atom. The predicted molar refractivity (Wildman–Crippen MR) is 53.0 cm³/mol. The summed E-state index contributed by atoms with van der Waals surface area (Å²) in [5.41, 5.74) is 8.50. The first-order valence-electron chi connectivity index (χ1n) is 4.32. The van der Waals surface area contributed by atoms with Crippen molar-refractivity contribution in [3.8, 4) is 0 Å². The third-order valence-electron chi connectivity index (χ3n) is 2.66. The highest BCUT2D eigenvalue weighted by atomic mass is 15.0. The van der Waals surface area contributed by atoms with E-state index in [9.17, 15) is 0 Å². The van der Waals surface area contributed by atoms with E-state index in [0.717, 1.165) is 0 Å². The van der Waals surface area contributed by atoms with Crippen LogP contribution in [-0.4, -0.2) is 18.6 Å². The monoisotopic (exact) mass is 166 g/mol. The molecule has 0 aromatic rings. The maximum atomic E-state index is 6.05. The highest BCUT2D eigenvalue weighted by molar-refractivity contribution is 5.36. The fraction of sp³-hybridized carbons (Fsp3) is 0.600. The second kappa shape index (κ2) is 3.04. The average Bonchev–Trinajstić information content (AvgIpc) is 2.00. The van der Waals surface area contributed by atoms with E-state index in [0.29, 0.717) is 0 Å². The van der Waals surface area contributed by atoms with E-state index in [-0.39, 0.29) is 11.6 Å². The molecule has 1 aliphatic carbocycles. The molecule has 0 aromatic heterocycles. The van der Waals surface area contributed by atoms with E-state index in [1.54, 1.807) is 0 Å². The van der Waals surface area contributed by atoms with Crippen LogP contribution in [0.2, 0.25) is 0 Å². The highest BCUT2D eigenvalue weighted by Gasteiger charge is 2.30. The number of likely N-dealkylation sites (N-methyl/N-ethyl adjacent to an activating group) is 1. The van der Waals surface area contributed by atoms with Crippen LogP contribution in [0.5, 0.6) is 0 Å². The van der Waals surface area contributed by atoms with Crippen molar-refractivity contribution in [1.29, 1.82) is 0 Å². The van der Waals surface area contributed by atoms with Crippen molar-refractivity contribution in [2.45, 2.75) is 32.4 Å². The van der Waals surface area contributed by atoms with Crippen LogP contribution in [0.4, 0.5) is 0 Å². The van der Waals surface area contributed by atoms with Crippen molar-refractivity contribution < 1.29 is 0 Å². The summed E-state index contributed by atoms with van der Waals surface area (Å²) in [4.78, 5) is 0. The summed E-state index contributed by atoms with van der Waals surface area (Å²) < 4.78 is 0. The first-order valence-corrected chi connectivity index (χ1v) is 4.32. The maximum Gasteiger partial charge on any atom is 0.0531 e. The molecule has 2 unspecified atom stereocenters. The predicted octanol–water partition coefficient (Wildman–Crippen LogP) is 1.20. The van der Waals surface area contributed by atoms with Crippen LogP contribution in [0.1, 0.15) is 20.8 Å². The Labute approximate surface area is 74.5 Å². The SMILES string of the molecule is CNC1(C)C=C(C)C=C(C)C1N. The molecule has 0 fully saturated rings. The van der Waals surface area contributed by atoms with Crippen LogP contribution >= 0.6 is 0 Å². The van der Waals surface area contributed by atoms with Gasteiger partial charge in [-0.15, -0.1) is 0 Å². The lowest BCUT2D eigenvalue weighted by Gasteiger charge is -2.36. The summed E-state index contributed by atoms with van der Waals surface area (Å²) >= 11 is 0. The van der Waals surface area contributed by atoms with E-state index >= 15 is 0 Å². The normalized spacial score (nSPS) is 35.9. The van der Waals surface area contributed by atoms with E-state index in [1.807, 2.05) is 7.05 Å². The molecule has 0 amide bonds. The summed E-state index contributed by atoms with van der Waals surface area (Å²) in [7, 11) is 1.95. The Hall–Kier alpha value is -0.600. The Morgan fingerprint density at radius 3 is 2.58 bits per heavy atom. The molecule has 0 saturated carbocycles. The lowest BCUT2D eigenvalue weighted by molar-refractivity contribution is 0.413. The number of nitrogens with one attached hydrogen (secondary N) is 1. The second-order valence-electron chi connectivity index (χ2n) is 3.79. The van der Waals surface area contributed by atoms with Gasteiger partial charge in [0.15, 0.2) is 0 Å². The van der Waals surface area contributed by atoms with Crippen LogP contribution < -0.4 is 11.1 Å². The van der Waals surface area contributed by atoms with Crippen LogP contribution in [0.25, 0.3) is 0 Å². The standard InChI is InChI=1S/C10H18N2/c1-7-5-8(2)9(11)10(3,6-7)12-4/h5-6,9,12H,11H2,1-4H3. The maximum absolute atomic E-state index is 6.05. The summed E-state index contributed by atoms with van der Waals surface area (Å²) in [6.45, 7) is 6.30. The zero-order chi connectivity index (χ0) is 9.35. The zero-order valence-electron chi connectivity index (χ0n) is 8.31. The van der Waals surface area contributed by atoms with Gasteiger partial charge >= 0.3 is 0 Å². The molecule has 0 aliphatic heterocycles. The molecule has 68 valence electrons. The van der Waals surface area contributed by atoms with Gasteiger partial charge in [0.1, 0.15) is 0 Å². The Bertz CT molecular complexity index is 240. The molecule has 2 atom stereocenters. The van der Waals surface area contributed by atoms with Gasteiger partial charge < -0.3 is 11.1 Å². The van der Waals surface area contributed by atoms with Crippen molar-refractivity contribution in [3.63, 3.8) is 0 Å². The largest absolute Gasteiger partial charge is 0.322 e. The Balaban J connectivity index is 3.01. The molecule has 0 saturated heterocycles. The molecule has 0 aromatic carbocycles. The third kappa shape index (κ3) is 1.45. The van der Waals surface area contributed by atoms with E-state index in [4.69, 9.17) is 5.73 Å². The van der Waals surface area contributed by atoms with Crippen LogP contribution in [-0.2, 0) is 0 Å². The lowest BCUT2D eigenvalue weighted by Crippen LogP contribution is -2.55. The van der Waals surface area contributed by atoms with Crippen molar-refractivity contribution >= 4 is 0 Å². The van der Waals surface area contributed by atoms with E-state index < -0.39 is 0 Å². The molecule has 2 heteroatoms. The molecule has 2 nitrogen and oxygen atoms in total. The van der Waals surface area contributed by atoms with Gasteiger partial charge in [0.25, 0.3) is 0 Å². The number of rotatable bonds is 1. The van der Waals surface area contributed by atoms with Crippen LogP contribution in [0.3, 0.4) is 0 Å². The summed E-state index contributed by atoms with van der Waals surface area (Å²) in [6.07, 6.45) is 4.33. The minimum absolute atomic E-state index is 0.0804. The molecule has 3 N–H and O–H groups in total. The molecular formula is C10H18N2. The average molecular weight is 166 g/mol. The van der Waals surface area contributed by atoms with Gasteiger partial charge in [-0.2, -0.15) is 0 Å². The molecule has 1 aliphatic rings. The van der Waals surface area contributed by atoms with Crippen molar-refractivity contribution in [2.24, 2.45) is 5.73 Å². The van der Waals surface area contributed by atoms with Crippen molar-refractivity contribution in [2.75, 3.05) is 7.05 Å². The van der Waals surface area contributed by atoms with Crippen molar-refractivity contribution in [3.05, 3.63) is 23.3 Å². The quantitative estimate of drug-likeness (QED) is 0.614. The summed E-state index contributed by atoms with van der Waals surface area (Å²) in [5.74, 6) is 0. The third-order valence-corrected chi connectivity index (χ3v) is 2.66. The van der Waals surface area contributed by atoms with Crippen molar-refractivity contribution in [1.82, 2.24) is 5.32 Å². The molecule has 0 bridgehead atoms. The number of hydrogen-bond acceptors (Lipinski definition) is 2. The fourth-order valence-corrected chi connectivity index (χ4v) is 1.75. The van der Waals surface area contributed by atoms with Gasteiger partial charge in [0.05, 0.1) is 5.54 Å². The van der Waals surface area contributed by atoms with Crippen LogP contribution in [0.15, 0.2) is 23.3 Å². The number of nitrogens with two attached hydrogens (primary N) is 1. The fourth-order valence-electron chi connectivity index (χ4n) is 1.75. The van der Waals surface area contributed by atoms with Gasteiger partial charge in [0, 0.05) is 6.04 Å². The Kier molecular flexibility index (Phi) is 2.40. The van der Waals surface area contributed by atoms with Gasteiger partial charge in [-0.25, -0.2) is 0 Å². The Morgan fingerprint density at radius 2 is 2.08 bits per heavy atom. The minimum atomic E-state index is -0.0804. The van der Waals surface area contributed by atoms with Gasteiger partial charge in [-0.3, -0.25) is 0 Å². The molecule has 0 radical (unpaired) electrons. The minimum Gasteiger partial charge on any atom is -0.322 e. The molecule has 0 spiro atoms. The van der Waals surface area contributed by atoms with Gasteiger partial charge in [-0.05, 0) is 27.8 Å². The lowest BCUT2D eigenvalue weighted by atomic mass is 9.82. The second-order valence-corrected chi connectivity index (χ2v) is 3.79. The summed E-state index contributed by atoms with van der Waals surface area (Å²) in [6, 6.07) is 0.0891. The molecule has 12 heavy (non-hydrogen) atoms. The van der Waals surface area contributed by atoms with E-state index in [2.05, 4.69) is 38.2 Å². The van der Waals surface area contributed by atoms with Crippen LogP contribution in [0, 0.1) is 0 Å². The smallest absolute Gasteiger partial charge is 0.0531 e. The topological polar surface area (TPSA) is 38.0 Å². The van der Waals surface area contributed by atoms with Gasteiger partial charge in [-0.1, -0.05) is 23.3 Å². The first-order chi connectivity index (χ1) is 5.49.